The molecule has 1 heterocycles. The molecule has 0 fully saturated rings. The van der Waals surface area contributed by atoms with E-state index < -0.39 is 0 Å². The summed E-state index contributed by atoms with van der Waals surface area (Å²) in [6.07, 6.45) is 0. The van der Waals surface area contributed by atoms with Gasteiger partial charge < -0.3 is 0 Å². The SMILES string of the molecule is CC(C)(C)N1Sc2ccccc2S1. The maximum Gasteiger partial charge on any atom is 0.0388 e. The summed E-state index contributed by atoms with van der Waals surface area (Å²) in [5.41, 5.74) is 0.217. The first-order valence-electron chi connectivity index (χ1n) is 4.32. The third-order valence-corrected chi connectivity index (χ3v) is 4.87. The van der Waals surface area contributed by atoms with E-state index in [2.05, 4.69) is 48.7 Å². The van der Waals surface area contributed by atoms with Crippen LogP contribution in [0.15, 0.2) is 34.1 Å². The maximum atomic E-state index is 2.34. The molecule has 0 radical (unpaired) electrons. The fourth-order valence-corrected chi connectivity index (χ4v) is 3.43. The van der Waals surface area contributed by atoms with E-state index in [1.165, 1.54) is 9.79 Å². The molecule has 3 heteroatoms. The van der Waals surface area contributed by atoms with Crippen molar-refractivity contribution in [2.75, 3.05) is 0 Å². The zero-order valence-corrected chi connectivity index (χ0v) is 9.71. The highest BCUT2D eigenvalue weighted by Crippen LogP contribution is 2.49. The van der Waals surface area contributed by atoms with Crippen molar-refractivity contribution in [1.82, 2.24) is 3.71 Å². The van der Waals surface area contributed by atoms with Gasteiger partial charge in [0.2, 0.25) is 0 Å². The summed E-state index contributed by atoms with van der Waals surface area (Å²) in [5, 5.41) is 0. The molecule has 0 amide bonds. The van der Waals surface area contributed by atoms with E-state index in [-0.39, 0.29) is 5.54 Å². The molecule has 0 aromatic heterocycles. The molecule has 0 aliphatic carbocycles. The molecular weight excluding hydrogens is 198 g/mol. The molecule has 0 unspecified atom stereocenters. The highest BCUT2D eigenvalue weighted by Gasteiger charge is 2.30. The number of hydrogen-bond donors (Lipinski definition) is 0. The van der Waals surface area contributed by atoms with Gasteiger partial charge in [-0.25, -0.2) is 0 Å². The Morgan fingerprint density at radius 1 is 1.00 bits per heavy atom. The standard InChI is InChI=1S/C10H13NS2/c1-10(2,3)11-12-8-6-4-5-7-9(8)13-11/h4-7H,1-3H3. The van der Waals surface area contributed by atoms with Crippen LogP contribution in [-0.2, 0) is 0 Å². The largest absolute Gasteiger partial charge is 0.180 e. The van der Waals surface area contributed by atoms with Gasteiger partial charge in [0.1, 0.15) is 0 Å². The summed E-state index contributed by atoms with van der Waals surface area (Å²) in [6.45, 7) is 6.70. The second-order valence-electron chi connectivity index (χ2n) is 4.06. The quantitative estimate of drug-likeness (QED) is 0.601. The van der Waals surface area contributed by atoms with Crippen LogP contribution in [0.4, 0.5) is 0 Å². The predicted octanol–water partition coefficient (Wildman–Crippen LogP) is 3.81. The van der Waals surface area contributed by atoms with Crippen molar-refractivity contribution in [3.8, 4) is 0 Å². The number of nitrogens with zero attached hydrogens (tertiary/aromatic N) is 1. The maximum absolute atomic E-state index is 2.34. The minimum atomic E-state index is 0.217. The van der Waals surface area contributed by atoms with Crippen LogP contribution in [0.2, 0.25) is 0 Å². The Bertz CT molecular complexity index is 292. The van der Waals surface area contributed by atoms with Crippen molar-refractivity contribution >= 4 is 23.9 Å². The smallest absolute Gasteiger partial charge is 0.0388 e. The number of rotatable bonds is 0. The van der Waals surface area contributed by atoms with Crippen LogP contribution in [-0.4, -0.2) is 9.25 Å². The molecule has 1 nitrogen and oxygen atoms in total. The van der Waals surface area contributed by atoms with E-state index in [9.17, 15) is 0 Å². The Kier molecular flexibility index (Phi) is 2.34. The molecule has 1 aliphatic heterocycles. The normalized spacial score (nSPS) is 17.5. The lowest BCUT2D eigenvalue weighted by atomic mass is 10.1. The first-order valence-corrected chi connectivity index (χ1v) is 5.87. The lowest BCUT2D eigenvalue weighted by Crippen LogP contribution is -2.28. The van der Waals surface area contributed by atoms with Crippen LogP contribution in [0.25, 0.3) is 0 Å². The van der Waals surface area contributed by atoms with Gasteiger partial charge in [0.15, 0.2) is 0 Å². The zero-order chi connectivity index (χ0) is 9.47. The Morgan fingerprint density at radius 3 is 1.85 bits per heavy atom. The summed E-state index contributed by atoms with van der Waals surface area (Å²) in [4.78, 5) is 2.75. The average Bonchev–Trinajstić information content (AvgIpc) is 2.45. The van der Waals surface area contributed by atoms with Crippen molar-refractivity contribution in [3.63, 3.8) is 0 Å². The molecule has 0 saturated heterocycles. The van der Waals surface area contributed by atoms with Crippen LogP contribution in [0.3, 0.4) is 0 Å². The van der Waals surface area contributed by atoms with Gasteiger partial charge in [0.25, 0.3) is 0 Å². The van der Waals surface area contributed by atoms with Crippen molar-refractivity contribution < 1.29 is 0 Å². The highest BCUT2D eigenvalue weighted by molar-refractivity contribution is 8.14. The molecule has 0 saturated carbocycles. The summed E-state index contributed by atoms with van der Waals surface area (Å²) >= 11 is 3.68. The highest BCUT2D eigenvalue weighted by atomic mass is 32.2. The fraction of sp³-hybridized carbons (Fsp3) is 0.400. The molecular formula is C10H13NS2. The van der Waals surface area contributed by atoms with Crippen LogP contribution in [0.1, 0.15) is 20.8 Å². The summed E-state index contributed by atoms with van der Waals surface area (Å²) < 4.78 is 2.34. The third-order valence-electron chi connectivity index (χ3n) is 1.76. The second kappa shape index (κ2) is 3.23. The van der Waals surface area contributed by atoms with E-state index in [0.717, 1.165) is 0 Å². The molecule has 13 heavy (non-hydrogen) atoms. The van der Waals surface area contributed by atoms with Crippen LogP contribution in [0, 0.1) is 0 Å². The van der Waals surface area contributed by atoms with Crippen molar-refractivity contribution in [2.24, 2.45) is 0 Å². The van der Waals surface area contributed by atoms with Gasteiger partial charge >= 0.3 is 0 Å². The van der Waals surface area contributed by atoms with E-state index in [1.54, 1.807) is 0 Å². The minimum absolute atomic E-state index is 0.217. The van der Waals surface area contributed by atoms with Gasteiger partial charge in [-0.1, -0.05) is 12.1 Å². The van der Waals surface area contributed by atoms with Gasteiger partial charge in [-0.05, 0) is 56.8 Å². The lowest BCUT2D eigenvalue weighted by Gasteiger charge is -2.27. The summed E-state index contributed by atoms with van der Waals surface area (Å²) in [6, 6.07) is 8.55. The van der Waals surface area contributed by atoms with E-state index in [0.29, 0.717) is 0 Å². The molecule has 0 spiro atoms. The van der Waals surface area contributed by atoms with Crippen LogP contribution in [0.5, 0.6) is 0 Å². The van der Waals surface area contributed by atoms with Gasteiger partial charge in [-0.15, -0.1) is 0 Å². The Hall–Kier alpha value is -0.120. The third kappa shape index (κ3) is 1.87. The molecule has 0 bridgehead atoms. The zero-order valence-electron chi connectivity index (χ0n) is 8.07. The first-order chi connectivity index (χ1) is 6.07. The van der Waals surface area contributed by atoms with E-state index in [4.69, 9.17) is 0 Å². The van der Waals surface area contributed by atoms with E-state index in [1.807, 2.05) is 23.9 Å². The number of benzene rings is 1. The Labute approximate surface area is 88.2 Å². The Morgan fingerprint density at radius 2 is 1.46 bits per heavy atom. The molecule has 1 aromatic rings. The molecule has 1 aliphatic rings. The number of hydrogen-bond acceptors (Lipinski definition) is 3. The molecule has 0 N–H and O–H groups in total. The molecule has 1 aromatic carbocycles. The number of fused-ring (bicyclic) bond motifs is 1. The molecule has 70 valence electrons. The summed E-state index contributed by atoms with van der Waals surface area (Å²) in [7, 11) is 0. The minimum Gasteiger partial charge on any atom is -0.180 e. The lowest BCUT2D eigenvalue weighted by molar-refractivity contribution is 0.415. The predicted molar refractivity (Wildman–Crippen MR) is 59.7 cm³/mol. The first kappa shape index (κ1) is 9.44. The fourth-order valence-electron chi connectivity index (χ4n) is 1.07. The van der Waals surface area contributed by atoms with Crippen LogP contribution >= 0.6 is 23.9 Å². The Balaban J connectivity index is 2.23. The van der Waals surface area contributed by atoms with Crippen molar-refractivity contribution in [1.29, 1.82) is 0 Å². The van der Waals surface area contributed by atoms with Gasteiger partial charge in [0, 0.05) is 15.3 Å². The van der Waals surface area contributed by atoms with Gasteiger partial charge in [-0.2, -0.15) is 3.71 Å². The molecule has 2 rings (SSSR count). The second-order valence-corrected chi connectivity index (χ2v) is 6.26. The molecule has 0 atom stereocenters. The van der Waals surface area contributed by atoms with Crippen molar-refractivity contribution in [3.05, 3.63) is 24.3 Å². The van der Waals surface area contributed by atoms with Gasteiger partial charge in [-0.3, -0.25) is 0 Å². The topological polar surface area (TPSA) is 3.24 Å². The monoisotopic (exact) mass is 211 g/mol. The van der Waals surface area contributed by atoms with Gasteiger partial charge in [0.05, 0.1) is 0 Å². The van der Waals surface area contributed by atoms with Crippen LogP contribution < -0.4 is 0 Å². The van der Waals surface area contributed by atoms with Crippen molar-refractivity contribution in [2.45, 2.75) is 36.1 Å². The van der Waals surface area contributed by atoms with E-state index >= 15 is 0 Å². The average molecular weight is 211 g/mol. The summed E-state index contributed by atoms with van der Waals surface area (Å²) in [5.74, 6) is 0.